The van der Waals surface area contributed by atoms with Gasteiger partial charge in [0.15, 0.2) is 5.13 Å². The highest BCUT2D eigenvalue weighted by molar-refractivity contribution is 7.13. The average molecular weight is 224 g/mol. The summed E-state index contributed by atoms with van der Waals surface area (Å²) < 4.78 is 0. The van der Waals surface area contributed by atoms with Crippen molar-refractivity contribution in [3.8, 4) is 0 Å². The average Bonchev–Trinajstić information content (AvgIpc) is 2.55. The van der Waals surface area contributed by atoms with Crippen LogP contribution < -0.4 is 10.6 Å². The molecule has 1 aromatic rings. The molecule has 82 valence electrons. The number of nitrogens with two attached hydrogens (primary N) is 1. The first kappa shape index (κ1) is 10.4. The molecule has 1 aliphatic rings. The molecule has 2 heterocycles. The first-order chi connectivity index (χ1) is 7.27. The standard InChI is InChI=1S/C10H16N4S/c11-9(12)8-7-15-10(13-8)14-5-3-1-2-4-6-14/h7H,1-6H2,(H3,11,12). The Kier molecular flexibility index (Phi) is 3.20. The molecular formula is C10H16N4S. The van der Waals surface area contributed by atoms with Gasteiger partial charge in [-0.3, -0.25) is 5.41 Å². The van der Waals surface area contributed by atoms with Gasteiger partial charge in [-0.15, -0.1) is 11.3 Å². The Morgan fingerprint density at radius 2 is 2.00 bits per heavy atom. The van der Waals surface area contributed by atoms with Gasteiger partial charge in [0.1, 0.15) is 11.5 Å². The molecule has 1 aromatic heterocycles. The topological polar surface area (TPSA) is 66.0 Å². The number of nitrogens with one attached hydrogen (secondary N) is 1. The van der Waals surface area contributed by atoms with E-state index in [1.807, 2.05) is 5.38 Å². The molecule has 0 bridgehead atoms. The maximum Gasteiger partial charge on any atom is 0.185 e. The van der Waals surface area contributed by atoms with Crippen molar-refractivity contribution < 1.29 is 0 Å². The fourth-order valence-corrected chi connectivity index (χ4v) is 2.67. The monoisotopic (exact) mass is 224 g/mol. The van der Waals surface area contributed by atoms with Gasteiger partial charge in [0.25, 0.3) is 0 Å². The first-order valence-corrected chi connectivity index (χ1v) is 6.20. The third kappa shape index (κ3) is 2.47. The van der Waals surface area contributed by atoms with Crippen molar-refractivity contribution in [2.24, 2.45) is 5.73 Å². The van der Waals surface area contributed by atoms with E-state index in [4.69, 9.17) is 11.1 Å². The van der Waals surface area contributed by atoms with Gasteiger partial charge >= 0.3 is 0 Å². The van der Waals surface area contributed by atoms with Crippen molar-refractivity contribution in [1.29, 1.82) is 5.41 Å². The summed E-state index contributed by atoms with van der Waals surface area (Å²) >= 11 is 1.59. The van der Waals surface area contributed by atoms with Crippen LogP contribution in [0.3, 0.4) is 0 Å². The van der Waals surface area contributed by atoms with Crippen LogP contribution in [0.25, 0.3) is 0 Å². The summed E-state index contributed by atoms with van der Waals surface area (Å²) in [6.07, 6.45) is 5.13. The largest absolute Gasteiger partial charge is 0.382 e. The van der Waals surface area contributed by atoms with Gasteiger partial charge in [-0.05, 0) is 12.8 Å². The normalized spacial score (nSPS) is 17.5. The minimum atomic E-state index is 0.0623. The van der Waals surface area contributed by atoms with Crippen LogP contribution in [0.15, 0.2) is 5.38 Å². The summed E-state index contributed by atoms with van der Waals surface area (Å²) in [6.45, 7) is 2.18. The Hall–Kier alpha value is -1.10. The molecule has 5 heteroatoms. The van der Waals surface area contributed by atoms with Crippen LogP contribution in [0, 0.1) is 5.41 Å². The maximum absolute atomic E-state index is 7.31. The highest BCUT2D eigenvalue weighted by Crippen LogP contribution is 2.23. The lowest BCUT2D eigenvalue weighted by atomic mass is 10.2. The van der Waals surface area contributed by atoms with E-state index in [1.165, 1.54) is 25.7 Å². The second-order valence-electron chi connectivity index (χ2n) is 3.83. The first-order valence-electron chi connectivity index (χ1n) is 5.32. The zero-order valence-electron chi connectivity index (χ0n) is 8.70. The molecule has 0 atom stereocenters. The van der Waals surface area contributed by atoms with Crippen LogP contribution >= 0.6 is 11.3 Å². The molecular weight excluding hydrogens is 208 g/mol. The molecule has 1 saturated heterocycles. The Labute approximate surface area is 93.6 Å². The molecule has 1 aliphatic heterocycles. The molecule has 0 aromatic carbocycles. The lowest BCUT2D eigenvalue weighted by molar-refractivity contribution is 0.726. The molecule has 0 amide bonds. The van der Waals surface area contributed by atoms with Crippen molar-refractivity contribution in [2.45, 2.75) is 25.7 Å². The van der Waals surface area contributed by atoms with Crippen molar-refractivity contribution in [2.75, 3.05) is 18.0 Å². The second kappa shape index (κ2) is 4.61. The highest BCUT2D eigenvalue weighted by Gasteiger charge is 2.13. The number of aromatic nitrogens is 1. The predicted molar refractivity (Wildman–Crippen MR) is 63.8 cm³/mol. The number of nitrogens with zero attached hydrogens (tertiary/aromatic N) is 2. The molecule has 0 unspecified atom stereocenters. The predicted octanol–water partition coefficient (Wildman–Crippen LogP) is 1.81. The highest BCUT2D eigenvalue weighted by atomic mass is 32.1. The quantitative estimate of drug-likeness (QED) is 0.594. The molecule has 2 rings (SSSR count). The van der Waals surface area contributed by atoms with Crippen LogP contribution in [0.1, 0.15) is 31.4 Å². The van der Waals surface area contributed by atoms with Gasteiger partial charge in [-0.1, -0.05) is 12.8 Å². The number of thiazole rings is 1. The molecule has 0 aliphatic carbocycles. The molecule has 1 fully saturated rings. The number of anilines is 1. The number of rotatable bonds is 2. The van der Waals surface area contributed by atoms with Gasteiger partial charge < -0.3 is 10.6 Å². The second-order valence-corrected chi connectivity index (χ2v) is 4.67. The van der Waals surface area contributed by atoms with E-state index in [9.17, 15) is 0 Å². The SMILES string of the molecule is N=C(N)c1csc(N2CCCCCC2)n1. The summed E-state index contributed by atoms with van der Waals surface area (Å²) in [5.41, 5.74) is 6.01. The zero-order chi connectivity index (χ0) is 10.7. The van der Waals surface area contributed by atoms with Crippen LogP contribution in [-0.2, 0) is 0 Å². The van der Waals surface area contributed by atoms with Gasteiger partial charge in [0, 0.05) is 18.5 Å². The number of nitrogen functional groups attached to an aromatic ring is 1. The number of hydrogen-bond acceptors (Lipinski definition) is 4. The smallest absolute Gasteiger partial charge is 0.185 e. The van der Waals surface area contributed by atoms with E-state index in [0.29, 0.717) is 5.69 Å². The number of amidine groups is 1. The van der Waals surface area contributed by atoms with E-state index >= 15 is 0 Å². The summed E-state index contributed by atoms with van der Waals surface area (Å²) in [7, 11) is 0. The maximum atomic E-state index is 7.31. The third-order valence-electron chi connectivity index (χ3n) is 2.64. The lowest BCUT2D eigenvalue weighted by Gasteiger charge is -2.18. The third-order valence-corrected chi connectivity index (χ3v) is 3.55. The molecule has 0 saturated carbocycles. The van der Waals surface area contributed by atoms with Crippen molar-refractivity contribution in [3.05, 3.63) is 11.1 Å². The van der Waals surface area contributed by atoms with Crippen molar-refractivity contribution >= 4 is 22.3 Å². The Balaban J connectivity index is 2.10. The van der Waals surface area contributed by atoms with Crippen LogP contribution in [0.4, 0.5) is 5.13 Å². The molecule has 0 radical (unpaired) electrons. The van der Waals surface area contributed by atoms with E-state index in [2.05, 4.69) is 9.88 Å². The minimum absolute atomic E-state index is 0.0623. The Morgan fingerprint density at radius 3 is 2.53 bits per heavy atom. The van der Waals surface area contributed by atoms with Crippen molar-refractivity contribution in [1.82, 2.24) is 4.98 Å². The van der Waals surface area contributed by atoms with Crippen LogP contribution in [-0.4, -0.2) is 23.9 Å². The molecule has 4 nitrogen and oxygen atoms in total. The van der Waals surface area contributed by atoms with E-state index < -0.39 is 0 Å². The fourth-order valence-electron chi connectivity index (χ4n) is 1.80. The van der Waals surface area contributed by atoms with E-state index in [1.54, 1.807) is 11.3 Å². The van der Waals surface area contributed by atoms with Gasteiger partial charge in [0.2, 0.25) is 0 Å². The van der Waals surface area contributed by atoms with Gasteiger partial charge in [-0.25, -0.2) is 4.98 Å². The zero-order valence-corrected chi connectivity index (χ0v) is 9.52. The Morgan fingerprint density at radius 1 is 1.33 bits per heavy atom. The molecule has 3 N–H and O–H groups in total. The van der Waals surface area contributed by atoms with E-state index in [-0.39, 0.29) is 5.84 Å². The van der Waals surface area contributed by atoms with Gasteiger partial charge in [-0.2, -0.15) is 0 Å². The van der Waals surface area contributed by atoms with Crippen molar-refractivity contribution in [3.63, 3.8) is 0 Å². The fraction of sp³-hybridized carbons (Fsp3) is 0.600. The summed E-state index contributed by atoms with van der Waals surface area (Å²) in [4.78, 5) is 6.68. The summed E-state index contributed by atoms with van der Waals surface area (Å²) in [6, 6.07) is 0. The van der Waals surface area contributed by atoms with Gasteiger partial charge in [0.05, 0.1) is 0 Å². The summed E-state index contributed by atoms with van der Waals surface area (Å²) in [5, 5.41) is 10.2. The molecule has 0 spiro atoms. The Bertz CT molecular complexity index is 339. The van der Waals surface area contributed by atoms with Crippen LogP contribution in [0.2, 0.25) is 0 Å². The molecule has 15 heavy (non-hydrogen) atoms. The van der Waals surface area contributed by atoms with E-state index in [0.717, 1.165) is 18.2 Å². The van der Waals surface area contributed by atoms with Crippen LogP contribution in [0.5, 0.6) is 0 Å². The number of hydrogen-bond donors (Lipinski definition) is 2. The minimum Gasteiger partial charge on any atom is -0.382 e. The lowest BCUT2D eigenvalue weighted by Crippen LogP contribution is -2.24. The summed E-state index contributed by atoms with van der Waals surface area (Å²) in [5.74, 6) is 0.0623.